The number of fused-ring (bicyclic) bond motifs is 1. The second-order valence-corrected chi connectivity index (χ2v) is 5.79. The van der Waals surface area contributed by atoms with Crippen LogP contribution in [0.5, 0.6) is 0 Å². The number of aryl methyl sites for hydroxylation is 1. The van der Waals surface area contributed by atoms with Crippen LogP contribution in [0, 0.1) is 5.82 Å². The van der Waals surface area contributed by atoms with Gasteiger partial charge in [0, 0.05) is 30.4 Å². The van der Waals surface area contributed by atoms with Crippen LogP contribution >= 0.6 is 0 Å². The van der Waals surface area contributed by atoms with E-state index in [0.717, 1.165) is 11.6 Å². The Hall–Kier alpha value is -3.61. The Morgan fingerprint density at radius 2 is 2.04 bits per heavy atom. The van der Waals surface area contributed by atoms with Crippen molar-refractivity contribution in [1.29, 1.82) is 0 Å². The summed E-state index contributed by atoms with van der Waals surface area (Å²) in [4.78, 5) is 20.8. The minimum Gasteiger partial charge on any atom is -0.319 e. The minimum absolute atomic E-state index is 0.315. The minimum atomic E-state index is -0.430. The number of anilines is 1. The first-order valence-corrected chi connectivity index (χ1v) is 7.92. The highest BCUT2D eigenvalue weighted by Crippen LogP contribution is 2.26. The number of para-hydroxylation sites is 1. The van der Waals surface area contributed by atoms with E-state index in [1.165, 1.54) is 6.07 Å². The molecule has 7 heteroatoms. The number of aromatic nitrogens is 4. The number of hydrogen-bond donors (Lipinski definition) is 1. The molecule has 3 heterocycles. The van der Waals surface area contributed by atoms with Crippen molar-refractivity contribution in [2.75, 3.05) is 5.32 Å². The molecule has 4 aromatic rings. The molecule has 0 aliphatic carbocycles. The van der Waals surface area contributed by atoms with Gasteiger partial charge >= 0.3 is 0 Å². The summed E-state index contributed by atoms with van der Waals surface area (Å²) in [6.07, 6.45) is 4.39. The van der Waals surface area contributed by atoms with Crippen molar-refractivity contribution in [2.45, 2.75) is 0 Å². The number of rotatable bonds is 3. The molecular formula is C19H14FN5O. The van der Waals surface area contributed by atoms with Gasteiger partial charge in [-0.15, -0.1) is 0 Å². The second kappa shape index (κ2) is 6.36. The van der Waals surface area contributed by atoms with Gasteiger partial charge in [0.1, 0.15) is 5.82 Å². The van der Waals surface area contributed by atoms with Gasteiger partial charge in [-0.2, -0.15) is 5.10 Å². The standard InChI is InChI=1S/C19H14FN5O/c1-25-8-7-17(24-25)19(26)23-16-4-2-3-12-5-6-15(22-18(12)16)13-9-14(20)11-21-10-13/h2-11H,1H3,(H,23,26). The normalized spacial score (nSPS) is 10.8. The van der Waals surface area contributed by atoms with E-state index in [4.69, 9.17) is 0 Å². The molecule has 0 saturated heterocycles. The number of carbonyl (C=O) groups is 1. The molecule has 0 saturated carbocycles. The van der Waals surface area contributed by atoms with E-state index in [0.29, 0.717) is 28.2 Å². The number of halogens is 1. The maximum Gasteiger partial charge on any atom is 0.276 e. The number of pyridine rings is 2. The van der Waals surface area contributed by atoms with Gasteiger partial charge < -0.3 is 5.32 Å². The van der Waals surface area contributed by atoms with Crippen molar-refractivity contribution in [1.82, 2.24) is 19.7 Å². The molecule has 1 aromatic carbocycles. The number of benzene rings is 1. The summed E-state index contributed by atoms with van der Waals surface area (Å²) in [6, 6.07) is 12.2. The van der Waals surface area contributed by atoms with E-state index in [-0.39, 0.29) is 5.91 Å². The van der Waals surface area contributed by atoms with Crippen molar-refractivity contribution in [3.05, 3.63) is 72.6 Å². The molecule has 0 atom stereocenters. The molecule has 0 aliphatic heterocycles. The zero-order valence-corrected chi connectivity index (χ0v) is 13.8. The predicted molar refractivity (Wildman–Crippen MR) is 96.1 cm³/mol. The summed E-state index contributed by atoms with van der Waals surface area (Å²) >= 11 is 0. The maximum absolute atomic E-state index is 13.5. The van der Waals surface area contributed by atoms with E-state index >= 15 is 0 Å². The molecule has 0 bridgehead atoms. The number of nitrogens with zero attached hydrogens (tertiary/aromatic N) is 4. The van der Waals surface area contributed by atoms with Crippen molar-refractivity contribution < 1.29 is 9.18 Å². The van der Waals surface area contributed by atoms with Gasteiger partial charge in [0.15, 0.2) is 5.69 Å². The molecule has 4 rings (SSSR count). The average molecular weight is 347 g/mol. The van der Waals surface area contributed by atoms with Crippen LogP contribution in [0.3, 0.4) is 0 Å². The van der Waals surface area contributed by atoms with Crippen molar-refractivity contribution >= 4 is 22.5 Å². The number of hydrogen-bond acceptors (Lipinski definition) is 4. The van der Waals surface area contributed by atoms with Crippen LogP contribution in [0.1, 0.15) is 10.5 Å². The largest absolute Gasteiger partial charge is 0.319 e. The highest BCUT2D eigenvalue weighted by molar-refractivity contribution is 6.07. The summed E-state index contributed by atoms with van der Waals surface area (Å²) in [5.74, 6) is -0.751. The fourth-order valence-corrected chi connectivity index (χ4v) is 2.68. The van der Waals surface area contributed by atoms with Crippen molar-refractivity contribution in [2.24, 2.45) is 7.05 Å². The van der Waals surface area contributed by atoms with Gasteiger partial charge in [0.25, 0.3) is 5.91 Å². The van der Waals surface area contributed by atoms with Gasteiger partial charge in [0.05, 0.1) is 23.1 Å². The molecule has 3 aromatic heterocycles. The molecule has 0 fully saturated rings. The summed E-state index contributed by atoms with van der Waals surface area (Å²) in [6.45, 7) is 0. The fourth-order valence-electron chi connectivity index (χ4n) is 2.68. The molecule has 0 unspecified atom stereocenters. The molecule has 26 heavy (non-hydrogen) atoms. The predicted octanol–water partition coefficient (Wildman–Crippen LogP) is 3.42. The number of carbonyl (C=O) groups excluding carboxylic acids is 1. The first-order valence-electron chi connectivity index (χ1n) is 7.92. The van der Waals surface area contributed by atoms with E-state index < -0.39 is 5.82 Å². The van der Waals surface area contributed by atoms with E-state index in [1.807, 2.05) is 18.2 Å². The third-order valence-corrected chi connectivity index (χ3v) is 3.92. The molecule has 1 N–H and O–H groups in total. The van der Waals surface area contributed by atoms with E-state index in [1.54, 1.807) is 42.3 Å². The Morgan fingerprint density at radius 3 is 2.81 bits per heavy atom. The van der Waals surface area contributed by atoms with E-state index in [2.05, 4.69) is 20.4 Å². The lowest BCUT2D eigenvalue weighted by molar-refractivity contribution is 0.102. The lowest BCUT2D eigenvalue weighted by atomic mass is 10.1. The highest BCUT2D eigenvalue weighted by atomic mass is 19.1. The van der Waals surface area contributed by atoms with Gasteiger partial charge in [-0.05, 0) is 24.3 Å². The van der Waals surface area contributed by atoms with Crippen LogP contribution in [0.25, 0.3) is 22.2 Å². The lowest BCUT2D eigenvalue weighted by Gasteiger charge is -2.09. The average Bonchev–Trinajstić information content (AvgIpc) is 3.08. The number of amides is 1. The maximum atomic E-state index is 13.5. The van der Waals surface area contributed by atoms with Crippen LogP contribution in [0.15, 0.2) is 61.1 Å². The molecule has 0 aliphatic rings. The van der Waals surface area contributed by atoms with Gasteiger partial charge in [-0.1, -0.05) is 18.2 Å². The van der Waals surface area contributed by atoms with E-state index in [9.17, 15) is 9.18 Å². The SMILES string of the molecule is Cn1ccc(C(=O)Nc2cccc3ccc(-c4cncc(F)c4)nc23)n1. The Labute approximate surface area is 148 Å². The molecule has 0 spiro atoms. The van der Waals surface area contributed by atoms with Crippen molar-refractivity contribution in [3.8, 4) is 11.3 Å². The van der Waals surface area contributed by atoms with Gasteiger partial charge in [-0.3, -0.25) is 14.5 Å². The Balaban J connectivity index is 1.75. The molecule has 0 radical (unpaired) electrons. The molecule has 1 amide bonds. The summed E-state index contributed by atoms with van der Waals surface area (Å²) in [5.41, 5.74) is 2.62. The first kappa shape index (κ1) is 15.9. The Morgan fingerprint density at radius 1 is 1.15 bits per heavy atom. The first-order chi connectivity index (χ1) is 12.6. The monoisotopic (exact) mass is 347 g/mol. The molecule has 6 nitrogen and oxygen atoms in total. The van der Waals surface area contributed by atoms with Crippen LogP contribution in [0.4, 0.5) is 10.1 Å². The lowest BCUT2D eigenvalue weighted by Crippen LogP contribution is -2.13. The summed E-state index contributed by atoms with van der Waals surface area (Å²) < 4.78 is 15.0. The summed E-state index contributed by atoms with van der Waals surface area (Å²) in [7, 11) is 1.75. The topological polar surface area (TPSA) is 72.7 Å². The third kappa shape index (κ3) is 3.02. The smallest absolute Gasteiger partial charge is 0.276 e. The van der Waals surface area contributed by atoms with Crippen molar-refractivity contribution in [3.63, 3.8) is 0 Å². The Kier molecular flexibility index (Phi) is 3.89. The zero-order chi connectivity index (χ0) is 18.1. The Bertz CT molecular complexity index is 1120. The molecular weight excluding hydrogens is 333 g/mol. The number of nitrogens with one attached hydrogen (secondary N) is 1. The summed E-state index contributed by atoms with van der Waals surface area (Å²) in [5, 5.41) is 7.79. The van der Waals surface area contributed by atoms with Gasteiger partial charge in [0.2, 0.25) is 0 Å². The fraction of sp³-hybridized carbons (Fsp3) is 0.0526. The van der Waals surface area contributed by atoms with Crippen LogP contribution in [-0.4, -0.2) is 25.7 Å². The van der Waals surface area contributed by atoms with Crippen LogP contribution in [-0.2, 0) is 7.05 Å². The van der Waals surface area contributed by atoms with Crippen LogP contribution < -0.4 is 5.32 Å². The second-order valence-electron chi connectivity index (χ2n) is 5.79. The van der Waals surface area contributed by atoms with Gasteiger partial charge in [-0.25, -0.2) is 9.37 Å². The molecule has 128 valence electrons. The third-order valence-electron chi connectivity index (χ3n) is 3.92. The quantitative estimate of drug-likeness (QED) is 0.616. The highest BCUT2D eigenvalue weighted by Gasteiger charge is 2.12. The van der Waals surface area contributed by atoms with Crippen LogP contribution in [0.2, 0.25) is 0 Å². The zero-order valence-electron chi connectivity index (χ0n) is 13.8.